The number of ether oxygens (including phenoxy) is 1. The van der Waals surface area contributed by atoms with E-state index >= 15 is 0 Å². The number of carbonyl (C=O) groups excluding carboxylic acids is 1. The van der Waals surface area contributed by atoms with Crippen molar-refractivity contribution in [1.82, 2.24) is 5.32 Å². The maximum Gasteiger partial charge on any atom is 0.334 e. The quantitative estimate of drug-likeness (QED) is 0.475. The molecule has 62 valence electrons. The topological polar surface area (TPSA) is 38.3 Å². The lowest BCUT2D eigenvalue weighted by Crippen LogP contribution is -2.40. The van der Waals surface area contributed by atoms with E-state index in [2.05, 4.69) is 5.32 Å². The van der Waals surface area contributed by atoms with E-state index in [1.807, 2.05) is 13.8 Å². The molecular formula is C8H13NO2. The first-order chi connectivity index (χ1) is 5.10. The maximum absolute atomic E-state index is 11.2. The van der Waals surface area contributed by atoms with Crippen LogP contribution < -0.4 is 5.32 Å². The smallest absolute Gasteiger partial charge is 0.334 e. The van der Waals surface area contributed by atoms with Crippen LogP contribution >= 0.6 is 0 Å². The highest BCUT2D eigenvalue weighted by molar-refractivity contribution is 5.91. The number of esters is 1. The van der Waals surface area contributed by atoms with E-state index in [-0.39, 0.29) is 12.1 Å². The van der Waals surface area contributed by atoms with E-state index < -0.39 is 5.54 Å². The highest BCUT2D eigenvalue weighted by atomic mass is 16.5. The third kappa shape index (κ3) is 1.60. The summed E-state index contributed by atoms with van der Waals surface area (Å²) in [6.07, 6.45) is 3.53. The molecule has 3 heteroatoms. The highest BCUT2D eigenvalue weighted by Gasteiger charge is 2.42. The van der Waals surface area contributed by atoms with Crippen LogP contribution in [0.5, 0.6) is 0 Å². The predicted molar refractivity (Wildman–Crippen MR) is 42.2 cm³/mol. The molecule has 0 aromatic rings. The van der Waals surface area contributed by atoms with Crippen LogP contribution in [-0.4, -0.2) is 24.7 Å². The third-order valence-corrected chi connectivity index (χ3v) is 1.59. The van der Waals surface area contributed by atoms with Crippen LogP contribution in [0.15, 0.2) is 12.2 Å². The molecule has 0 saturated heterocycles. The Bertz CT molecular complexity index is 190. The van der Waals surface area contributed by atoms with E-state index in [1.54, 1.807) is 19.2 Å². The van der Waals surface area contributed by atoms with Crippen molar-refractivity contribution >= 4 is 5.97 Å². The maximum atomic E-state index is 11.2. The average Bonchev–Trinajstić information content (AvgIpc) is 2.65. The third-order valence-electron chi connectivity index (χ3n) is 1.59. The van der Waals surface area contributed by atoms with Crippen LogP contribution in [0.1, 0.15) is 13.8 Å². The molecule has 0 aromatic carbocycles. The van der Waals surface area contributed by atoms with Gasteiger partial charge in [-0.2, -0.15) is 0 Å². The lowest BCUT2D eigenvalue weighted by molar-refractivity contribution is -0.150. The molecule has 1 rings (SSSR count). The number of carbonyl (C=O) groups is 1. The first-order valence-corrected chi connectivity index (χ1v) is 3.71. The fraction of sp³-hybridized carbons (Fsp3) is 0.625. The summed E-state index contributed by atoms with van der Waals surface area (Å²) in [5.41, 5.74) is -0.579. The van der Waals surface area contributed by atoms with E-state index in [1.165, 1.54) is 0 Å². The van der Waals surface area contributed by atoms with E-state index in [4.69, 9.17) is 4.74 Å². The molecule has 0 aromatic heterocycles. The molecule has 0 aliphatic heterocycles. The first-order valence-electron chi connectivity index (χ1n) is 3.71. The van der Waals surface area contributed by atoms with E-state index in [9.17, 15) is 4.79 Å². The summed E-state index contributed by atoms with van der Waals surface area (Å²) in [5.74, 6) is -0.213. The van der Waals surface area contributed by atoms with Gasteiger partial charge in [-0.05, 0) is 20.9 Å². The molecule has 3 nitrogen and oxygen atoms in total. The minimum Gasteiger partial charge on any atom is -0.461 e. The van der Waals surface area contributed by atoms with Crippen molar-refractivity contribution in [2.75, 3.05) is 7.05 Å². The number of hydrogen-bond donors (Lipinski definition) is 1. The SMILES string of the molecule is CNC1(C(=O)OC(C)C)C=C1. The van der Waals surface area contributed by atoms with Crippen molar-refractivity contribution in [3.63, 3.8) is 0 Å². The average molecular weight is 155 g/mol. The number of rotatable bonds is 3. The zero-order chi connectivity index (χ0) is 8.48. The fourth-order valence-corrected chi connectivity index (χ4v) is 0.800. The van der Waals surface area contributed by atoms with Crippen molar-refractivity contribution in [3.8, 4) is 0 Å². The summed E-state index contributed by atoms with van der Waals surface area (Å²) < 4.78 is 5.00. The van der Waals surface area contributed by atoms with Gasteiger partial charge in [-0.3, -0.25) is 5.32 Å². The Balaban J connectivity index is 2.42. The van der Waals surface area contributed by atoms with Crippen molar-refractivity contribution in [2.45, 2.75) is 25.5 Å². The minimum absolute atomic E-state index is 0.0462. The van der Waals surface area contributed by atoms with Gasteiger partial charge in [0, 0.05) is 0 Å². The van der Waals surface area contributed by atoms with Gasteiger partial charge in [0.15, 0.2) is 5.54 Å². The zero-order valence-electron chi connectivity index (χ0n) is 7.05. The van der Waals surface area contributed by atoms with E-state index in [0.717, 1.165) is 0 Å². The van der Waals surface area contributed by atoms with Crippen LogP contribution in [-0.2, 0) is 9.53 Å². The molecule has 0 radical (unpaired) electrons. The summed E-state index contributed by atoms with van der Waals surface area (Å²) in [4.78, 5) is 11.2. The summed E-state index contributed by atoms with van der Waals surface area (Å²) in [6.45, 7) is 3.67. The van der Waals surface area contributed by atoms with Gasteiger partial charge in [0.25, 0.3) is 0 Å². The summed E-state index contributed by atoms with van der Waals surface area (Å²) in [6, 6.07) is 0. The lowest BCUT2D eigenvalue weighted by Gasteiger charge is -2.15. The number of nitrogens with one attached hydrogen (secondary N) is 1. The molecule has 1 aliphatic carbocycles. The van der Waals surface area contributed by atoms with Gasteiger partial charge in [-0.15, -0.1) is 0 Å². The summed E-state index contributed by atoms with van der Waals surface area (Å²) in [7, 11) is 1.74. The highest BCUT2D eigenvalue weighted by Crippen LogP contribution is 2.24. The minimum atomic E-state index is -0.579. The molecule has 0 heterocycles. The molecule has 0 spiro atoms. The Kier molecular flexibility index (Phi) is 2.00. The van der Waals surface area contributed by atoms with Crippen molar-refractivity contribution in [3.05, 3.63) is 12.2 Å². The largest absolute Gasteiger partial charge is 0.461 e. The van der Waals surface area contributed by atoms with Gasteiger partial charge in [-0.1, -0.05) is 12.2 Å². The summed E-state index contributed by atoms with van der Waals surface area (Å²) >= 11 is 0. The van der Waals surface area contributed by atoms with Gasteiger partial charge < -0.3 is 4.74 Å². The Morgan fingerprint density at radius 2 is 2.09 bits per heavy atom. The van der Waals surface area contributed by atoms with Gasteiger partial charge in [0.05, 0.1) is 6.10 Å². The Morgan fingerprint density at radius 3 is 2.36 bits per heavy atom. The molecular weight excluding hydrogens is 142 g/mol. The second kappa shape index (κ2) is 2.66. The molecule has 0 saturated carbocycles. The molecule has 1 N–H and O–H groups in total. The number of hydrogen-bond acceptors (Lipinski definition) is 3. The van der Waals surface area contributed by atoms with Crippen molar-refractivity contribution in [2.24, 2.45) is 0 Å². The first kappa shape index (κ1) is 8.27. The zero-order valence-corrected chi connectivity index (χ0v) is 7.05. The predicted octanol–water partition coefficient (Wildman–Crippen LogP) is 0.466. The van der Waals surface area contributed by atoms with Crippen LogP contribution in [0.4, 0.5) is 0 Å². The lowest BCUT2D eigenvalue weighted by atomic mass is 10.2. The monoisotopic (exact) mass is 155 g/mol. The van der Waals surface area contributed by atoms with Crippen LogP contribution in [0.2, 0.25) is 0 Å². The Hall–Kier alpha value is -0.830. The van der Waals surface area contributed by atoms with Crippen LogP contribution in [0, 0.1) is 0 Å². The Morgan fingerprint density at radius 1 is 1.55 bits per heavy atom. The second-order valence-electron chi connectivity index (χ2n) is 2.91. The molecule has 0 amide bonds. The molecule has 0 bridgehead atoms. The molecule has 0 fully saturated rings. The standard InChI is InChI=1S/C8H13NO2/c1-6(2)11-7(10)8(9-3)4-5-8/h4-6,9H,1-3H3. The normalized spacial score (nSPS) is 18.5. The van der Waals surface area contributed by atoms with Crippen LogP contribution in [0.3, 0.4) is 0 Å². The van der Waals surface area contributed by atoms with E-state index in [0.29, 0.717) is 0 Å². The molecule has 0 unspecified atom stereocenters. The fourth-order valence-electron chi connectivity index (χ4n) is 0.800. The second-order valence-corrected chi connectivity index (χ2v) is 2.91. The molecule has 1 aliphatic rings. The van der Waals surface area contributed by atoms with Gasteiger partial charge >= 0.3 is 5.97 Å². The molecule has 11 heavy (non-hydrogen) atoms. The van der Waals surface area contributed by atoms with Gasteiger partial charge in [0.1, 0.15) is 0 Å². The van der Waals surface area contributed by atoms with Crippen molar-refractivity contribution in [1.29, 1.82) is 0 Å². The Labute approximate surface area is 66.4 Å². The van der Waals surface area contributed by atoms with Crippen LogP contribution in [0.25, 0.3) is 0 Å². The summed E-state index contributed by atoms with van der Waals surface area (Å²) in [5, 5.41) is 2.87. The van der Waals surface area contributed by atoms with Crippen molar-refractivity contribution < 1.29 is 9.53 Å². The van der Waals surface area contributed by atoms with Gasteiger partial charge in [-0.25, -0.2) is 4.79 Å². The van der Waals surface area contributed by atoms with Gasteiger partial charge in [0.2, 0.25) is 0 Å². The molecule has 0 atom stereocenters. The number of likely N-dealkylation sites (N-methyl/N-ethyl adjacent to an activating group) is 1.